The lowest BCUT2D eigenvalue weighted by Crippen LogP contribution is -2.49. The molecule has 2 aromatic rings. The lowest BCUT2D eigenvalue weighted by molar-refractivity contribution is -0.131. The Hall–Kier alpha value is -2.36. The van der Waals surface area contributed by atoms with Crippen molar-refractivity contribution < 1.29 is 4.79 Å². The number of pyridine rings is 1. The summed E-state index contributed by atoms with van der Waals surface area (Å²) >= 11 is 0. The maximum absolute atomic E-state index is 12.4. The Bertz CT molecular complexity index is 691. The first-order chi connectivity index (χ1) is 11.6. The van der Waals surface area contributed by atoms with E-state index in [1.165, 1.54) is 16.8 Å². The molecule has 0 saturated carbocycles. The van der Waals surface area contributed by atoms with Crippen LogP contribution < -0.4 is 4.90 Å². The fraction of sp³-hybridized carbons (Fsp3) is 0.400. The van der Waals surface area contributed by atoms with Gasteiger partial charge in [0.25, 0.3) is 0 Å². The topological polar surface area (TPSA) is 36.4 Å². The minimum Gasteiger partial charge on any atom is -0.368 e. The summed E-state index contributed by atoms with van der Waals surface area (Å²) in [6, 6.07) is 12.3. The van der Waals surface area contributed by atoms with E-state index in [1.807, 2.05) is 23.1 Å². The van der Waals surface area contributed by atoms with Crippen LogP contribution in [0.4, 0.5) is 5.69 Å². The molecule has 4 nitrogen and oxygen atoms in total. The van der Waals surface area contributed by atoms with Gasteiger partial charge >= 0.3 is 0 Å². The molecule has 0 atom stereocenters. The first-order valence-electron chi connectivity index (χ1n) is 8.64. The van der Waals surface area contributed by atoms with Gasteiger partial charge in [-0.2, -0.15) is 0 Å². The second-order valence-electron chi connectivity index (χ2n) is 6.41. The zero-order valence-corrected chi connectivity index (χ0v) is 14.5. The molecule has 2 heterocycles. The number of nitrogens with zero attached hydrogens (tertiary/aromatic N) is 3. The third kappa shape index (κ3) is 3.75. The van der Waals surface area contributed by atoms with Crippen molar-refractivity contribution in [3.63, 3.8) is 0 Å². The Morgan fingerprint density at radius 3 is 2.54 bits per heavy atom. The number of anilines is 1. The van der Waals surface area contributed by atoms with E-state index in [0.717, 1.165) is 38.3 Å². The number of rotatable bonds is 4. The SMILES string of the molecule is Cc1cccc(N2CCN(C(=O)CCc3ccccn3)CC2)c1C. The smallest absolute Gasteiger partial charge is 0.223 e. The summed E-state index contributed by atoms with van der Waals surface area (Å²) in [5.74, 6) is 0.237. The molecule has 1 amide bonds. The van der Waals surface area contributed by atoms with Gasteiger partial charge in [0.05, 0.1) is 0 Å². The summed E-state index contributed by atoms with van der Waals surface area (Å²) < 4.78 is 0. The van der Waals surface area contributed by atoms with E-state index in [9.17, 15) is 4.79 Å². The maximum Gasteiger partial charge on any atom is 0.223 e. The van der Waals surface area contributed by atoms with E-state index < -0.39 is 0 Å². The molecule has 0 aliphatic carbocycles. The lowest BCUT2D eigenvalue weighted by Gasteiger charge is -2.37. The van der Waals surface area contributed by atoms with Gasteiger partial charge in [0, 0.05) is 50.2 Å². The van der Waals surface area contributed by atoms with Crippen molar-refractivity contribution in [2.24, 2.45) is 0 Å². The summed E-state index contributed by atoms with van der Waals surface area (Å²) in [6.45, 7) is 7.73. The van der Waals surface area contributed by atoms with Crippen LogP contribution in [0.5, 0.6) is 0 Å². The average Bonchev–Trinajstić information content (AvgIpc) is 2.63. The van der Waals surface area contributed by atoms with Gasteiger partial charge in [-0.1, -0.05) is 18.2 Å². The molecule has 3 rings (SSSR count). The van der Waals surface area contributed by atoms with Crippen LogP contribution in [0.1, 0.15) is 23.2 Å². The highest BCUT2D eigenvalue weighted by Crippen LogP contribution is 2.24. The van der Waals surface area contributed by atoms with Gasteiger partial charge in [0.1, 0.15) is 0 Å². The number of carbonyl (C=O) groups is 1. The predicted molar refractivity (Wildman–Crippen MR) is 97.3 cm³/mol. The van der Waals surface area contributed by atoms with Gasteiger partial charge in [-0.05, 0) is 49.6 Å². The van der Waals surface area contributed by atoms with Crippen LogP contribution in [0.15, 0.2) is 42.6 Å². The van der Waals surface area contributed by atoms with Gasteiger partial charge in [0.2, 0.25) is 5.91 Å². The van der Waals surface area contributed by atoms with E-state index in [0.29, 0.717) is 6.42 Å². The summed E-state index contributed by atoms with van der Waals surface area (Å²) in [5, 5.41) is 0. The van der Waals surface area contributed by atoms with Crippen molar-refractivity contribution in [2.45, 2.75) is 26.7 Å². The first-order valence-corrected chi connectivity index (χ1v) is 8.64. The Morgan fingerprint density at radius 2 is 1.83 bits per heavy atom. The highest BCUT2D eigenvalue weighted by Gasteiger charge is 2.22. The molecule has 0 bridgehead atoms. The molecule has 0 radical (unpaired) electrons. The number of benzene rings is 1. The zero-order valence-electron chi connectivity index (χ0n) is 14.5. The van der Waals surface area contributed by atoms with Crippen LogP contribution in [0.25, 0.3) is 0 Å². The molecular weight excluding hydrogens is 298 g/mol. The molecule has 1 aliphatic rings. The highest BCUT2D eigenvalue weighted by molar-refractivity contribution is 5.76. The van der Waals surface area contributed by atoms with Crippen LogP contribution in [-0.4, -0.2) is 42.0 Å². The summed E-state index contributed by atoms with van der Waals surface area (Å²) in [7, 11) is 0. The normalized spacial score (nSPS) is 14.8. The second kappa shape index (κ2) is 7.47. The molecular formula is C20H25N3O. The monoisotopic (exact) mass is 323 g/mol. The van der Waals surface area contributed by atoms with Gasteiger partial charge in [0.15, 0.2) is 0 Å². The Labute approximate surface area is 144 Å². The van der Waals surface area contributed by atoms with Gasteiger partial charge in [-0.15, -0.1) is 0 Å². The quantitative estimate of drug-likeness (QED) is 0.868. The molecule has 24 heavy (non-hydrogen) atoms. The number of hydrogen-bond acceptors (Lipinski definition) is 3. The first kappa shape index (κ1) is 16.5. The summed E-state index contributed by atoms with van der Waals surface area (Å²) in [5.41, 5.74) is 4.95. The molecule has 0 N–H and O–H groups in total. The number of piperazine rings is 1. The molecule has 1 fully saturated rings. The van der Waals surface area contributed by atoms with Crippen molar-refractivity contribution in [1.82, 2.24) is 9.88 Å². The molecule has 1 aliphatic heterocycles. The minimum absolute atomic E-state index is 0.237. The van der Waals surface area contributed by atoms with Crippen LogP contribution in [0.2, 0.25) is 0 Å². The Kier molecular flexibility index (Phi) is 5.14. The van der Waals surface area contributed by atoms with Crippen molar-refractivity contribution in [3.05, 3.63) is 59.4 Å². The molecule has 126 valence electrons. The van der Waals surface area contributed by atoms with Gasteiger partial charge in [-0.3, -0.25) is 9.78 Å². The maximum atomic E-state index is 12.4. The summed E-state index contributed by atoms with van der Waals surface area (Å²) in [6.07, 6.45) is 3.04. The van der Waals surface area contributed by atoms with E-state index >= 15 is 0 Å². The van der Waals surface area contributed by atoms with Crippen molar-refractivity contribution in [3.8, 4) is 0 Å². The molecule has 1 aromatic carbocycles. The molecule has 0 spiro atoms. The Balaban J connectivity index is 1.53. The highest BCUT2D eigenvalue weighted by atomic mass is 16.2. The number of aryl methyl sites for hydroxylation is 2. The zero-order chi connectivity index (χ0) is 16.9. The van der Waals surface area contributed by atoms with Crippen LogP contribution >= 0.6 is 0 Å². The van der Waals surface area contributed by atoms with E-state index in [2.05, 4.69) is 41.9 Å². The molecule has 1 saturated heterocycles. The van der Waals surface area contributed by atoms with Gasteiger partial charge < -0.3 is 9.80 Å². The van der Waals surface area contributed by atoms with Crippen molar-refractivity contribution in [1.29, 1.82) is 0 Å². The van der Waals surface area contributed by atoms with Crippen LogP contribution in [0, 0.1) is 13.8 Å². The van der Waals surface area contributed by atoms with E-state index in [4.69, 9.17) is 0 Å². The summed E-state index contributed by atoms with van der Waals surface area (Å²) in [4.78, 5) is 21.1. The number of carbonyl (C=O) groups excluding carboxylic acids is 1. The van der Waals surface area contributed by atoms with Crippen LogP contribution in [-0.2, 0) is 11.2 Å². The van der Waals surface area contributed by atoms with Crippen LogP contribution in [0.3, 0.4) is 0 Å². The fourth-order valence-electron chi connectivity index (χ4n) is 3.21. The Morgan fingerprint density at radius 1 is 1.04 bits per heavy atom. The van der Waals surface area contributed by atoms with Gasteiger partial charge in [-0.25, -0.2) is 0 Å². The van der Waals surface area contributed by atoms with Crippen molar-refractivity contribution in [2.75, 3.05) is 31.1 Å². The standard InChI is InChI=1S/C20H25N3O/c1-16-6-5-8-19(17(16)2)22-12-14-23(15-13-22)20(24)10-9-18-7-3-4-11-21-18/h3-8,11H,9-10,12-15H2,1-2H3. The number of amides is 1. The van der Waals surface area contributed by atoms with E-state index in [1.54, 1.807) is 6.20 Å². The number of aromatic nitrogens is 1. The largest absolute Gasteiger partial charge is 0.368 e. The second-order valence-corrected chi connectivity index (χ2v) is 6.41. The van der Waals surface area contributed by atoms with E-state index in [-0.39, 0.29) is 5.91 Å². The molecule has 0 unspecified atom stereocenters. The average molecular weight is 323 g/mol. The minimum atomic E-state index is 0.237. The number of hydrogen-bond donors (Lipinski definition) is 0. The lowest BCUT2D eigenvalue weighted by atomic mass is 10.1. The molecule has 4 heteroatoms. The third-order valence-corrected chi connectivity index (χ3v) is 4.87. The molecule has 1 aromatic heterocycles. The fourth-order valence-corrected chi connectivity index (χ4v) is 3.21. The van der Waals surface area contributed by atoms with Crippen molar-refractivity contribution >= 4 is 11.6 Å². The third-order valence-electron chi connectivity index (χ3n) is 4.87. The predicted octanol–water partition coefficient (Wildman–Crippen LogP) is 2.98.